The number of hydrogen-bond acceptors (Lipinski definition) is 4. The molecule has 0 spiro atoms. The van der Waals surface area contributed by atoms with Gasteiger partial charge in [-0.2, -0.15) is 0 Å². The molecule has 5 nitrogen and oxygen atoms in total. The third-order valence-corrected chi connectivity index (χ3v) is 7.96. The Morgan fingerprint density at radius 3 is 2.47 bits per heavy atom. The molecule has 4 rings (SSSR count). The maximum Gasteiger partial charge on any atom is 0.223 e. The van der Waals surface area contributed by atoms with Crippen LogP contribution >= 0.6 is 27.5 Å². The van der Waals surface area contributed by atoms with E-state index >= 15 is 0 Å². The van der Waals surface area contributed by atoms with Crippen LogP contribution in [-0.4, -0.2) is 59.5 Å². The van der Waals surface area contributed by atoms with Crippen molar-refractivity contribution in [1.82, 2.24) is 20.1 Å². The van der Waals surface area contributed by atoms with Gasteiger partial charge in [-0.1, -0.05) is 44.5 Å². The number of benzene rings is 1. The predicted molar refractivity (Wildman–Crippen MR) is 142 cm³/mol. The SMILES string of the molecule is CC(C)(C)[C@H]1CN(C(c2ccc(Cl)cc2)c2ccc(Br)cn2)CCN1C(=O)CC1CCNCC1. The van der Waals surface area contributed by atoms with Gasteiger partial charge < -0.3 is 10.2 Å². The van der Waals surface area contributed by atoms with Crippen molar-refractivity contribution >= 4 is 33.4 Å². The van der Waals surface area contributed by atoms with Crippen LogP contribution < -0.4 is 5.32 Å². The van der Waals surface area contributed by atoms with E-state index in [0.717, 1.165) is 60.8 Å². The minimum absolute atomic E-state index is 0.0110. The first kappa shape index (κ1) is 25.6. The molecule has 2 saturated heterocycles. The molecule has 1 aromatic carbocycles. The van der Waals surface area contributed by atoms with Crippen LogP contribution in [0.5, 0.6) is 0 Å². The molecule has 34 heavy (non-hydrogen) atoms. The largest absolute Gasteiger partial charge is 0.337 e. The maximum atomic E-state index is 13.5. The summed E-state index contributed by atoms with van der Waals surface area (Å²) in [7, 11) is 0. The van der Waals surface area contributed by atoms with E-state index in [1.165, 1.54) is 5.56 Å². The Bertz CT molecular complexity index is 909. The van der Waals surface area contributed by atoms with Crippen LogP contribution in [0.4, 0.5) is 0 Å². The Morgan fingerprint density at radius 1 is 1.15 bits per heavy atom. The molecule has 1 amide bonds. The molecular weight excluding hydrogens is 512 g/mol. The highest BCUT2D eigenvalue weighted by atomic mass is 79.9. The minimum Gasteiger partial charge on any atom is -0.337 e. The zero-order chi connectivity index (χ0) is 24.3. The number of halogens is 2. The smallest absolute Gasteiger partial charge is 0.223 e. The summed E-state index contributed by atoms with van der Waals surface area (Å²) < 4.78 is 0.965. The standard InChI is InChI=1S/C27H36BrClN4O/c1-27(2,3)24-18-32(14-15-33(24)25(34)16-19-10-12-30-13-11-19)26(20-4-7-22(29)8-5-20)23-9-6-21(28)17-31-23/h4-9,17,19,24,26,30H,10-16,18H2,1-3H3/t24-,26?/m1/s1. The van der Waals surface area contributed by atoms with Crippen LogP contribution in [-0.2, 0) is 4.79 Å². The summed E-state index contributed by atoms with van der Waals surface area (Å²) in [6.45, 7) is 11.2. The number of piperazine rings is 1. The van der Waals surface area contributed by atoms with Crippen molar-refractivity contribution < 1.29 is 4.79 Å². The molecule has 2 fully saturated rings. The quantitative estimate of drug-likeness (QED) is 0.534. The second-order valence-electron chi connectivity index (χ2n) is 10.7. The Kier molecular flexibility index (Phi) is 8.34. The van der Waals surface area contributed by atoms with Gasteiger partial charge in [-0.25, -0.2) is 0 Å². The lowest BCUT2D eigenvalue weighted by Gasteiger charge is -2.49. The van der Waals surface area contributed by atoms with Crippen LogP contribution in [0, 0.1) is 11.3 Å². The first-order valence-corrected chi connectivity index (χ1v) is 13.5. The molecule has 0 bridgehead atoms. The molecular formula is C27H36BrClN4O. The van der Waals surface area contributed by atoms with Gasteiger partial charge in [0.2, 0.25) is 5.91 Å². The number of rotatable bonds is 5. The van der Waals surface area contributed by atoms with Crippen LogP contribution in [0.15, 0.2) is 47.1 Å². The molecule has 1 aromatic heterocycles. The molecule has 2 atom stereocenters. The van der Waals surface area contributed by atoms with Gasteiger partial charge in [0, 0.05) is 47.8 Å². The van der Waals surface area contributed by atoms with E-state index in [0.29, 0.717) is 18.2 Å². The molecule has 0 saturated carbocycles. The highest BCUT2D eigenvalue weighted by Crippen LogP contribution is 2.35. The fourth-order valence-corrected chi connectivity index (χ4v) is 5.65. The van der Waals surface area contributed by atoms with Crippen molar-refractivity contribution in [2.24, 2.45) is 11.3 Å². The second-order valence-corrected chi connectivity index (χ2v) is 12.1. The van der Waals surface area contributed by atoms with E-state index < -0.39 is 0 Å². The summed E-state index contributed by atoms with van der Waals surface area (Å²) >= 11 is 9.72. The lowest BCUT2D eigenvalue weighted by atomic mass is 9.82. The van der Waals surface area contributed by atoms with Crippen molar-refractivity contribution in [2.45, 2.75) is 52.1 Å². The molecule has 3 heterocycles. The number of nitrogens with zero attached hydrogens (tertiary/aromatic N) is 3. The number of nitrogens with one attached hydrogen (secondary N) is 1. The fourth-order valence-electron chi connectivity index (χ4n) is 5.29. The number of pyridine rings is 1. The lowest BCUT2D eigenvalue weighted by Crippen LogP contribution is -2.60. The molecule has 2 aliphatic rings. The molecule has 184 valence electrons. The molecule has 2 aliphatic heterocycles. The van der Waals surface area contributed by atoms with E-state index in [-0.39, 0.29) is 17.5 Å². The normalized spacial score (nSPS) is 21.4. The highest BCUT2D eigenvalue weighted by molar-refractivity contribution is 9.10. The Labute approximate surface area is 217 Å². The molecule has 0 radical (unpaired) electrons. The first-order valence-electron chi connectivity index (χ1n) is 12.3. The Morgan fingerprint density at radius 2 is 1.85 bits per heavy atom. The summed E-state index contributed by atoms with van der Waals surface area (Å²) in [5.74, 6) is 0.817. The third-order valence-electron chi connectivity index (χ3n) is 7.24. The fraction of sp³-hybridized carbons (Fsp3) is 0.556. The molecule has 2 aromatic rings. The van der Waals surface area contributed by atoms with Crippen molar-refractivity contribution in [3.63, 3.8) is 0 Å². The lowest BCUT2D eigenvalue weighted by molar-refractivity contribution is -0.141. The van der Waals surface area contributed by atoms with Crippen LogP contribution in [0.25, 0.3) is 0 Å². The maximum absolute atomic E-state index is 13.5. The monoisotopic (exact) mass is 546 g/mol. The van der Waals surface area contributed by atoms with Gasteiger partial charge in [0.25, 0.3) is 0 Å². The average Bonchev–Trinajstić information content (AvgIpc) is 2.82. The number of carbonyl (C=O) groups is 1. The van der Waals surface area contributed by atoms with E-state index in [1.807, 2.05) is 24.4 Å². The van der Waals surface area contributed by atoms with Gasteiger partial charge in [0.1, 0.15) is 0 Å². The van der Waals surface area contributed by atoms with Gasteiger partial charge in [0.05, 0.1) is 11.7 Å². The van der Waals surface area contributed by atoms with Gasteiger partial charge in [-0.3, -0.25) is 14.7 Å². The van der Waals surface area contributed by atoms with Crippen molar-refractivity contribution in [3.8, 4) is 0 Å². The van der Waals surface area contributed by atoms with Crippen LogP contribution in [0.1, 0.15) is 57.3 Å². The van der Waals surface area contributed by atoms with E-state index in [2.05, 4.69) is 70.0 Å². The number of hydrogen-bond donors (Lipinski definition) is 1. The number of carbonyl (C=O) groups excluding carboxylic acids is 1. The zero-order valence-electron chi connectivity index (χ0n) is 20.4. The highest BCUT2D eigenvalue weighted by Gasteiger charge is 2.40. The van der Waals surface area contributed by atoms with E-state index in [9.17, 15) is 4.79 Å². The average molecular weight is 548 g/mol. The van der Waals surface area contributed by atoms with Gasteiger partial charge in [-0.05, 0) is 83.0 Å². The van der Waals surface area contributed by atoms with Crippen molar-refractivity contribution in [1.29, 1.82) is 0 Å². The topological polar surface area (TPSA) is 48.5 Å². The number of piperidine rings is 1. The van der Waals surface area contributed by atoms with Crippen molar-refractivity contribution in [3.05, 3.63) is 63.3 Å². The summed E-state index contributed by atoms with van der Waals surface area (Å²) in [5.41, 5.74) is 2.15. The van der Waals surface area contributed by atoms with Crippen LogP contribution in [0.2, 0.25) is 5.02 Å². The van der Waals surface area contributed by atoms with Gasteiger partial charge in [-0.15, -0.1) is 0 Å². The molecule has 1 unspecified atom stereocenters. The number of amides is 1. The van der Waals surface area contributed by atoms with E-state index in [4.69, 9.17) is 16.6 Å². The number of aromatic nitrogens is 1. The second kappa shape index (κ2) is 11.1. The minimum atomic E-state index is -0.0276. The third kappa shape index (κ3) is 6.20. The Hall–Kier alpha value is -1.47. The van der Waals surface area contributed by atoms with Crippen LogP contribution in [0.3, 0.4) is 0 Å². The summed E-state index contributed by atoms with van der Waals surface area (Å²) in [5, 5.41) is 4.14. The first-order chi connectivity index (χ1) is 16.2. The summed E-state index contributed by atoms with van der Waals surface area (Å²) in [6, 6.07) is 12.4. The predicted octanol–water partition coefficient (Wildman–Crippen LogP) is 5.54. The summed E-state index contributed by atoms with van der Waals surface area (Å²) in [6.07, 6.45) is 4.72. The molecule has 0 aliphatic carbocycles. The molecule has 1 N–H and O–H groups in total. The van der Waals surface area contributed by atoms with Crippen molar-refractivity contribution in [2.75, 3.05) is 32.7 Å². The summed E-state index contributed by atoms with van der Waals surface area (Å²) in [4.78, 5) is 22.9. The molecule has 7 heteroatoms. The van der Waals surface area contributed by atoms with Gasteiger partial charge in [0.15, 0.2) is 0 Å². The van der Waals surface area contributed by atoms with E-state index in [1.54, 1.807) is 0 Å². The Balaban J connectivity index is 1.59. The zero-order valence-corrected chi connectivity index (χ0v) is 22.8. The van der Waals surface area contributed by atoms with Gasteiger partial charge >= 0.3 is 0 Å².